The first-order valence-corrected chi connectivity index (χ1v) is 6.54. The van der Waals surface area contributed by atoms with E-state index >= 15 is 0 Å². The van der Waals surface area contributed by atoms with Crippen LogP contribution in [0.3, 0.4) is 0 Å². The molecule has 0 amide bonds. The molecule has 1 aromatic carbocycles. The second-order valence-corrected chi connectivity index (χ2v) is 4.69. The second-order valence-electron chi connectivity index (χ2n) is 4.69. The lowest BCUT2D eigenvalue weighted by Crippen LogP contribution is -2.20. The van der Waals surface area contributed by atoms with E-state index in [1.165, 1.54) is 24.0 Å². The molecule has 1 unspecified atom stereocenters. The fraction of sp³-hybridized carbons (Fsp3) is 0.600. The molecule has 1 atom stereocenters. The summed E-state index contributed by atoms with van der Waals surface area (Å²) in [6.07, 6.45) is 3.73. The summed E-state index contributed by atoms with van der Waals surface area (Å²) in [4.78, 5) is 0. The van der Waals surface area contributed by atoms with Gasteiger partial charge in [-0.1, -0.05) is 51.5 Å². The van der Waals surface area contributed by atoms with Crippen molar-refractivity contribution in [2.45, 2.75) is 46.6 Å². The van der Waals surface area contributed by atoms with Gasteiger partial charge in [-0.25, -0.2) is 0 Å². The maximum Gasteiger partial charge on any atom is 0.0205 e. The first-order chi connectivity index (χ1) is 7.76. The average molecular weight is 219 g/mol. The Bertz CT molecular complexity index is 276. The van der Waals surface area contributed by atoms with E-state index in [0.717, 1.165) is 25.4 Å². The molecule has 0 saturated carbocycles. The minimum atomic E-state index is 0.792. The molecule has 90 valence electrons. The van der Waals surface area contributed by atoms with Crippen molar-refractivity contribution in [2.75, 3.05) is 6.54 Å². The number of hydrogen-bond acceptors (Lipinski definition) is 1. The van der Waals surface area contributed by atoms with Gasteiger partial charge < -0.3 is 5.32 Å². The zero-order chi connectivity index (χ0) is 11.8. The van der Waals surface area contributed by atoms with Crippen LogP contribution in [0.15, 0.2) is 24.3 Å². The minimum absolute atomic E-state index is 0.792. The molecule has 0 aliphatic heterocycles. The normalized spacial score (nSPS) is 12.7. The van der Waals surface area contributed by atoms with E-state index < -0.39 is 0 Å². The molecule has 16 heavy (non-hydrogen) atoms. The van der Waals surface area contributed by atoms with Crippen LogP contribution in [-0.2, 0) is 13.0 Å². The summed E-state index contributed by atoms with van der Waals surface area (Å²) in [5, 5.41) is 3.52. The first-order valence-electron chi connectivity index (χ1n) is 6.54. The second kappa shape index (κ2) is 7.45. The van der Waals surface area contributed by atoms with Gasteiger partial charge in [0.2, 0.25) is 0 Å². The fourth-order valence-corrected chi connectivity index (χ4v) is 1.95. The lowest BCUT2D eigenvalue weighted by molar-refractivity contribution is 0.476. The van der Waals surface area contributed by atoms with Crippen molar-refractivity contribution in [2.24, 2.45) is 5.92 Å². The average Bonchev–Trinajstić information content (AvgIpc) is 2.30. The summed E-state index contributed by atoms with van der Waals surface area (Å²) in [5.74, 6) is 0.792. The van der Waals surface area contributed by atoms with Gasteiger partial charge in [-0.3, -0.25) is 0 Å². The van der Waals surface area contributed by atoms with Crippen molar-refractivity contribution >= 4 is 0 Å². The molecular formula is C15H25N. The number of nitrogens with one attached hydrogen (secondary N) is 1. The number of benzene rings is 1. The van der Waals surface area contributed by atoms with Gasteiger partial charge in [0.15, 0.2) is 0 Å². The van der Waals surface area contributed by atoms with Crippen LogP contribution in [0, 0.1) is 5.92 Å². The van der Waals surface area contributed by atoms with Crippen molar-refractivity contribution < 1.29 is 0 Å². The van der Waals surface area contributed by atoms with E-state index in [9.17, 15) is 0 Å². The standard InChI is InChI=1S/C15H25N/c1-4-6-13(3)11-16-12-15-9-7-14(5-2)8-10-15/h7-10,13,16H,4-6,11-12H2,1-3H3. The summed E-state index contributed by atoms with van der Waals surface area (Å²) in [6, 6.07) is 8.92. The molecular weight excluding hydrogens is 194 g/mol. The third-order valence-electron chi connectivity index (χ3n) is 3.03. The number of aryl methyl sites for hydroxylation is 1. The highest BCUT2D eigenvalue weighted by Crippen LogP contribution is 2.06. The van der Waals surface area contributed by atoms with Gasteiger partial charge in [0, 0.05) is 6.54 Å². The molecule has 0 heterocycles. The van der Waals surface area contributed by atoms with E-state index in [1.54, 1.807) is 0 Å². The topological polar surface area (TPSA) is 12.0 Å². The lowest BCUT2D eigenvalue weighted by atomic mass is 10.1. The summed E-state index contributed by atoms with van der Waals surface area (Å²) in [5.41, 5.74) is 2.81. The molecule has 0 aromatic heterocycles. The SMILES string of the molecule is CCCC(C)CNCc1ccc(CC)cc1. The van der Waals surface area contributed by atoms with Crippen LogP contribution in [-0.4, -0.2) is 6.54 Å². The maximum atomic E-state index is 3.52. The molecule has 0 aliphatic carbocycles. The summed E-state index contributed by atoms with van der Waals surface area (Å²) in [6.45, 7) is 8.89. The van der Waals surface area contributed by atoms with E-state index in [2.05, 4.69) is 50.4 Å². The van der Waals surface area contributed by atoms with E-state index in [-0.39, 0.29) is 0 Å². The van der Waals surface area contributed by atoms with Gasteiger partial charge in [0.05, 0.1) is 0 Å². The molecule has 1 rings (SSSR count). The smallest absolute Gasteiger partial charge is 0.0205 e. The molecule has 0 saturated heterocycles. The molecule has 1 aromatic rings. The van der Waals surface area contributed by atoms with Crippen LogP contribution in [0.1, 0.15) is 44.7 Å². The molecule has 0 bridgehead atoms. The Morgan fingerprint density at radius 2 is 1.69 bits per heavy atom. The third kappa shape index (κ3) is 4.80. The van der Waals surface area contributed by atoms with Crippen LogP contribution >= 0.6 is 0 Å². The zero-order valence-corrected chi connectivity index (χ0v) is 10.9. The Hall–Kier alpha value is -0.820. The van der Waals surface area contributed by atoms with Crippen molar-refractivity contribution in [3.63, 3.8) is 0 Å². The Morgan fingerprint density at radius 3 is 2.25 bits per heavy atom. The lowest BCUT2D eigenvalue weighted by Gasteiger charge is -2.11. The molecule has 0 radical (unpaired) electrons. The van der Waals surface area contributed by atoms with Gasteiger partial charge in [-0.05, 0) is 36.4 Å². The fourth-order valence-electron chi connectivity index (χ4n) is 1.95. The summed E-state index contributed by atoms with van der Waals surface area (Å²) >= 11 is 0. The highest BCUT2D eigenvalue weighted by atomic mass is 14.8. The van der Waals surface area contributed by atoms with Crippen LogP contribution < -0.4 is 5.32 Å². The highest BCUT2D eigenvalue weighted by molar-refractivity contribution is 5.22. The Labute approximate surface area is 100 Å². The third-order valence-corrected chi connectivity index (χ3v) is 3.03. The van der Waals surface area contributed by atoms with Gasteiger partial charge in [0.25, 0.3) is 0 Å². The Kier molecular flexibility index (Phi) is 6.17. The zero-order valence-electron chi connectivity index (χ0n) is 10.9. The van der Waals surface area contributed by atoms with Crippen LogP contribution in [0.4, 0.5) is 0 Å². The van der Waals surface area contributed by atoms with Crippen molar-refractivity contribution in [1.29, 1.82) is 0 Å². The molecule has 0 spiro atoms. The highest BCUT2D eigenvalue weighted by Gasteiger charge is 1.99. The van der Waals surface area contributed by atoms with Gasteiger partial charge in [-0.15, -0.1) is 0 Å². The van der Waals surface area contributed by atoms with Crippen LogP contribution in [0.5, 0.6) is 0 Å². The molecule has 0 fully saturated rings. The van der Waals surface area contributed by atoms with E-state index in [4.69, 9.17) is 0 Å². The van der Waals surface area contributed by atoms with Gasteiger partial charge in [0.1, 0.15) is 0 Å². The van der Waals surface area contributed by atoms with E-state index in [1.807, 2.05) is 0 Å². The van der Waals surface area contributed by atoms with Crippen molar-refractivity contribution in [3.05, 3.63) is 35.4 Å². The molecule has 1 nitrogen and oxygen atoms in total. The number of rotatable bonds is 7. The summed E-state index contributed by atoms with van der Waals surface area (Å²) in [7, 11) is 0. The van der Waals surface area contributed by atoms with Crippen molar-refractivity contribution in [1.82, 2.24) is 5.32 Å². The largest absolute Gasteiger partial charge is 0.312 e. The molecule has 0 aliphatic rings. The summed E-state index contributed by atoms with van der Waals surface area (Å²) < 4.78 is 0. The maximum absolute atomic E-state index is 3.52. The monoisotopic (exact) mass is 219 g/mol. The van der Waals surface area contributed by atoms with E-state index in [0.29, 0.717) is 0 Å². The van der Waals surface area contributed by atoms with Gasteiger partial charge >= 0.3 is 0 Å². The first kappa shape index (κ1) is 13.2. The van der Waals surface area contributed by atoms with Gasteiger partial charge in [-0.2, -0.15) is 0 Å². The minimum Gasteiger partial charge on any atom is -0.312 e. The quantitative estimate of drug-likeness (QED) is 0.736. The molecule has 1 N–H and O–H groups in total. The Balaban J connectivity index is 2.26. The van der Waals surface area contributed by atoms with Crippen LogP contribution in [0.2, 0.25) is 0 Å². The Morgan fingerprint density at radius 1 is 1.06 bits per heavy atom. The predicted molar refractivity (Wildman–Crippen MR) is 71.6 cm³/mol. The van der Waals surface area contributed by atoms with Crippen molar-refractivity contribution in [3.8, 4) is 0 Å². The molecule has 1 heteroatoms. The van der Waals surface area contributed by atoms with Crippen LogP contribution in [0.25, 0.3) is 0 Å². The number of hydrogen-bond donors (Lipinski definition) is 1. The predicted octanol–water partition coefficient (Wildman–Crippen LogP) is 3.77.